The zero-order valence-corrected chi connectivity index (χ0v) is 12.1. The molecule has 1 rings (SSSR count). The summed E-state index contributed by atoms with van der Waals surface area (Å²) in [6.45, 7) is 5.17. The minimum absolute atomic E-state index is 0.0412. The van der Waals surface area contributed by atoms with Gasteiger partial charge in [0.15, 0.2) is 5.84 Å². The number of nitrogens with zero attached hydrogens (tertiary/aromatic N) is 3. The maximum Gasteiger partial charge on any atom is 0.171 e. The van der Waals surface area contributed by atoms with Gasteiger partial charge in [0.05, 0.1) is 17.7 Å². The molecule has 3 N–H and O–H groups in total. The standard InChI is InChI=1S/C12H19ClN4O2/c1-8(2)19-7-6-17(3)12-10(13)9(4-5-15-12)11(14)16-18/h4-5,8,18H,6-7H2,1-3H3,(H2,14,16). The molecule has 0 saturated carbocycles. The summed E-state index contributed by atoms with van der Waals surface area (Å²) >= 11 is 6.20. The molecule has 0 atom stereocenters. The summed E-state index contributed by atoms with van der Waals surface area (Å²) in [5, 5.41) is 12.0. The van der Waals surface area contributed by atoms with Crippen LogP contribution >= 0.6 is 11.6 Å². The number of likely N-dealkylation sites (N-methyl/N-ethyl adjacent to an activating group) is 1. The fourth-order valence-electron chi connectivity index (χ4n) is 1.48. The highest BCUT2D eigenvalue weighted by Crippen LogP contribution is 2.25. The maximum absolute atomic E-state index is 8.69. The van der Waals surface area contributed by atoms with Crippen LogP contribution in [0, 0.1) is 0 Å². The molecule has 1 heterocycles. The van der Waals surface area contributed by atoms with Crippen molar-refractivity contribution in [3.8, 4) is 0 Å². The van der Waals surface area contributed by atoms with Crippen LogP contribution in [0.2, 0.25) is 5.02 Å². The van der Waals surface area contributed by atoms with Gasteiger partial charge in [-0.15, -0.1) is 0 Å². The molecule has 0 bridgehead atoms. The van der Waals surface area contributed by atoms with Gasteiger partial charge in [-0.1, -0.05) is 16.8 Å². The zero-order valence-electron chi connectivity index (χ0n) is 11.3. The molecule has 0 spiro atoms. The Morgan fingerprint density at radius 1 is 1.63 bits per heavy atom. The molecule has 7 heteroatoms. The number of amidine groups is 1. The Balaban J connectivity index is 2.83. The second-order valence-electron chi connectivity index (χ2n) is 4.32. The van der Waals surface area contributed by atoms with Crippen molar-refractivity contribution in [3.05, 3.63) is 22.8 Å². The van der Waals surface area contributed by atoms with Crippen molar-refractivity contribution in [1.82, 2.24) is 4.98 Å². The van der Waals surface area contributed by atoms with Crippen molar-refractivity contribution >= 4 is 23.3 Å². The molecule has 0 aliphatic heterocycles. The quantitative estimate of drug-likeness (QED) is 0.360. The largest absolute Gasteiger partial charge is 0.409 e. The van der Waals surface area contributed by atoms with Gasteiger partial charge in [-0.25, -0.2) is 4.98 Å². The van der Waals surface area contributed by atoms with Gasteiger partial charge in [0.1, 0.15) is 5.82 Å². The number of oxime groups is 1. The average Bonchev–Trinajstić information content (AvgIpc) is 2.37. The fraction of sp³-hybridized carbons (Fsp3) is 0.500. The van der Waals surface area contributed by atoms with Crippen molar-refractivity contribution in [2.24, 2.45) is 10.9 Å². The molecule has 6 nitrogen and oxygen atoms in total. The second kappa shape index (κ2) is 7.16. The molecule has 0 saturated heterocycles. The first-order valence-corrected chi connectivity index (χ1v) is 6.30. The zero-order chi connectivity index (χ0) is 14.4. The van der Waals surface area contributed by atoms with Crippen molar-refractivity contribution < 1.29 is 9.94 Å². The summed E-state index contributed by atoms with van der Waals surface area (Å²) in [7, 11) is 1.86. The van der Waals surface area contributed by atoms with Gasteiger partial charge >= 0.3 is 0 Å². The molecule has 0 aliphatic rings. The van der Waals surface area contributed by atoms with E-state index in [9.17, 15) is 0 Å². The Bertz CT molecular complexity index is 451. The third-order valence-corrected chi connectivity index (χ3v) is 2.87. The summed E-state index contributed by atoms with van der Waals surface area (Å²) in [6, 6.07) is 1.60. The number of halogens is 1. The van der Waals surface area contributed by atoms with Crippen LogP contribution in [-0.4, -0.2) is 42.3 Å². The van der Waals surface area contributed by atoms with Gasteiger partial charge in [0.25, 0.3) is 0 Å². The lowest BCUT2D eigenvalue weighted by Crippen LogP contribution is -2.26. The maximum atomic E-state index is 8.69. The summed E-state index contributed by atoms with van der Waals surface area (Å²) in [5.74, 6) is 0.526. The molecular formula is C12H19ClN4O2. The minimum atomic E-state index is -0.0412. The van der Waals surface area contributed by atoms with E-state index in [2.05, 4.69) is 10.1 Å². The van der Waals surface area contributed by atoms with Gasteiger partial charge < -0.3 is 20.6 Å². The van der Waals surface area contributed by atoms with E-state index in [0.29, 0.717) is 29.6 Å². The second-order valence-corrected chi connectivity index (χ2v) is 4.70. The van der Waals surface area contributed by atoms with Gasteiger partial charge in [-0.3, -0.25) is 0 Å². The van der Waals surface area contributed by atoms with Crippen LogP contribution in [0.4, 0.5) is 5.82 Å². The van der Waals surface area contributed by atoms with Crippen LogP contribution < -0.4 is 10.6 Å². The van der Waals surface area contributed by atoms with E-state index in [0.717, 1.165) is 0 Å². The molecule has 0 unspecified atom stereocenters. The highest BCUT2D eigenvalue weighted by molar-refractivity contribution is 6.36. The Morgan fingerprint density at radius 3 is 2.89 bits per heavy atom. The number of hydrogen-bond acceptors (Lipinski definition) is 5. The summed E-state index contributed by atoms with van der Waals surface area (Å²) in [6.07, 6.45) is 1.74. The van der Waals surface area contributed by atoms with Crippen LogP contribution in [0.25, 0.3) is 0 Å². The van der Waals surface area contributed by atoms with E-state index in [4.69, 9.17) is 27.3 Å². The number of rotatable bonds is 6. The normalized spacial score (nSPS) is 11.9. The number of anilines is 1. The molecule has 0 aliphatic carbocycles. The Morgan fingerprint density at radius 2 is 2.32 bits per heavy atom. The number of ether oxygens (including phenoxy) is 1. The topological polar surface area (TPSA) is 84.0 Å². The molecular weight excluding hydrogens is 268 g/mol. The Hall–Kier alpha value is -1.53. The van der Waals surface area contributed by atoms with Crippen LogP contribution in [-0.2, 0) is 4.74 Å². The van der Waals surface area contributed by atoms with Gasteiger partial charge in [-0.05, 0) is 19.9 Å². The van der Waals surface area contributed by atoms with Crippen molar-refractivity contribution in [3.63, 3.8) is 0 Å². The van der Waals surface area contributed by atoms with Crippen LogP contribution in [0.15, 0.2) is 17.4 Å². The molecule has 0 fully saturated rings. The molecule has 0 amide bonds. The van der Waals surface area contributed by atoms with Gasteiger partial charge in [0, 0.05) is 25.4 Å². The fourth-order valence-corrected chi connectivity index (χ4v) is 1.83. The first-order chi connectivity index (χ1) is 8.97. The van der Waals surface area contributed by atoms with Crippen LogP contribution in [0.1, 0.15) is 19.4 Å². The molecule has 106 valence electrons. The van der Waals surface area contributed by atoms with Crippen molar-refractivity contribution in [2.45, 2.75) is 20.0 Å². The molecule has 1 aromatic rings. The molecule has 0 aromatic carbocycles. The molecule has 0 radical (unpaired) electrons. The number of nitrogens with two attached hydrogens (primary N) is 1. The van der Waals surface area contributed by atoms with E-state index >= 15 is 0 Å². The summed E-state index contributed by atoms with van der Waals surface area (Å²) in [4.78, 5) is 6.06. The van der Waals surface area contributed by atoms with Gasteiger partial charge in [0.2, 0.25) is 0 Å². The van der Waals surface area contributed by atoms with Gasteiger partial charge in [-0.2, -0.15) is 0 Å². The van der Waals surface area contributed by atoms with E-state index in [-0.39, 0.29) is 11.9 Å². The monoisotopic (exact) mass is 286 g/mol. The lowest BCUT2D eigenvalue weighted by atomic mass is 10.2. The van der Waals surface area contributed by atoms with E-state index in [1.54, 1.807) is 12.3 Å². The predicted octanol–water partition coefficient (Wildman–Crippen LogP) is 1.69. The minimum Gasteiger partial charge on any atom is -0.409 e. The molecule has 1 aromatic heterocycles. The number of aromatic nitrogens is 1. The lowest BCUT2D eigenvalue weighted by Gasteiger charge is -2.20. The van der Waals surface area contributed by atoms with Crippen LogP contribution in [0.3, 0.4) is 0 Å². The average molecular weight is 287 g/mol. The number of hydrogen-bond donors (Lipinski definition) is 2. The smallest absolute Gasteiger partial charge is 0.171 e. The Kier molecular flexibility index (Phi) is 5.85. The SMILES string of the molecule is CC(C)OCCN(C)c1nccc(/C(N)=N/O)c1Cl. The van der Waals surface area contributed by atoms with Crippen LogP contribution in [0.5, 0.6) is 0 Å². The third kappa shape index (κ3) is 4.25. The van der Waals surface area contributed by atoms with E-state index in [1.807, 2.05) is 25.8 Å². The van der Waals surface area contributed by atoms with Crippen molar-refractivity contribution in [1.29, 1.82) is 0 Å². The predicted molar refractivity (Wildman–Crippen MR) is 76.1 cm³/mol. The first kappa shape index (κ1) is 15.5. The van der Waals surface area contributed by atoms with E-state index < -0.39 is 0 Å². The lowest BCUT2D eigenvalue weighted by molar-refractivity contribution is 0.0845. The highest BCUT2D eigenvalue weighted by Gasteiger charge is 2.14. The van der Waals surface area contributed by atoms with Crippen molar-refractivity contribution in [2.75, 3.05) is 25.1 Å². The van der Waals surface area contributed by atoms with E-state index in [1.165, 1.54) is 0 Å². The number of pyridine rings is 1. The highest BCUT2D eigenvalue weighted by atomic mass is 35.5. The first-order valence-electron chi connectivity index (χ1n) is 5.92. The third-order valence-electron chi connectivity index (χ3n) is 2.49. The Labute approximate surface area is 117 Å². The molecule has 19 heavy (non-hydrogen) atoms. The summed E-state index contributed by atoms with van der Waals surface area (Å²) < 4.78 is 5.47. The summed E-state index contributed by atoms with van der Waals surface area (Å²) in [5.41, 5.74) is 6.00.